The molecule has 1 aliphatic heterocycles. The molecular weight excluding hydrogens is 305 g/mol. The van der Waals surface area contributed by atoms with Crippen molar-refractivity contribution in [3.8, 4) is 0 Å². The van der Waals surface area contributed by atoms with Crippen LogP contribution in [0.4, 0.5) is 4.39 Å². The Hall–Kier alpha value is -0.260. The third kappa shape index (κ3) is 3.86. The molecule has 1 aromatic carbocycles. The minimum Gasteiger partial charge on any atom is -0.310 e. The molecule has 17 heavy (non-hydrogen) atoms. The number of hydrogen-bond donors (Lipinski definition) is 1. The van der Waals surface area contributed by atoms with E-state index in [0.717, 1.165) is 36.5 Å². The molecule has 0 radical (unpaired) electrons. The molecule has 1 aromatic rings. The first-order chi connectivity index (χ1) is 8.15. The van der Waals surface area contributed by atoms with Gasteiger partial charge in [0.2, 0.25) is 0 Å². The highest BCUT2D eigenvalue weighted by Crippen LogP contribution is 2.17. The second-order valence-corrected chi connectivity index (χ2v) is 6.80. The van der Waals surface area contributed by atoms with Crippen molar-refractivity contribution in [2.24, 2.45) is 0 Å². The minimum absolute atomic E-state index is 0.234. The van der Waals surface area contributed by atoms with Gasteiger partial charge < -0.3 is 5.32 Å². The first-order valence-electron chi connectivity index (χ1n) is 5.67. The smallest absolute Gasteiger partial charge is 0.137 e. The normalized spacial score (nSPS) is 24.8. The predicted octanol–water partition coefficient (Wildman–Crippen LogP) is 2.59. The first-order valence-corrected chi connectivity index (χ1v) is 7.95. The van der Waals surface area contributed by atoms with E-state index in [9.17, 15) is 8.60 Å². The Morgan fingerprint density at radius 2 is 2.12 bits per heavy atom. The van der Waals surface area contributed by atoms with Gasteiger partial charge in [-0.1, -0.05) is 6.07 Å². The molecule has 1 heterocycles. The fourth-order valence-electron chi connectivity index (χ4n) is 1.91. The van der Waals surface area contributed by atoms with Gasteiger partial charge >= 0.3 is 0 Å². The topological polar surface area (TPSA) is 29.1 Å². The fraction of sp³-hybridized carbons (Fsp3) is 0.500. The first kappa shape index (κ1) is 13.2. The van der Waals surface area contributed by atoms with Crippen LogP contribution in [-0.4, -0.2) is 21.8 Å². The summed E-state index contributed by atoms with van der Waals surface area (Å²) in [6.45, 7) is 0.732. The van der Waals surface area contributed by atoms with Gasteiger partial charge in [-0.25, -0.2) is 4.39 Å². The lowest BCUT2D eigenvalue weighted by molar-refractivity contribution is 0.475. The molecule has 0 bridgehead atoms. The highest BCUT2D eigenvalue weighted by atomic mass is 79.9. The molecule has 2 rings (SSSR count). The average molecular weight is 320 g/mol. The third-order valence-corrected chi connectivity index (χ3v) is 4.96. The van der Waals surface area contributed by atoms with Crippen LogP contribution < -0.4 is 5.32 Å². The lowest BCUT2D eigenvalue weighted by Crippen LogP contribution is -2.35. The van der Waals surface area contributed by atoms with Gasteiger partial charge in [0.25, 0.3) is 0 Å². The summed E-state index contributed by atoms with van der Waals surface area (Å²) in [6.07, 6.45) is 1.93. The van der Waals surface area contributed by atoms with E-state index < -0.39 is 10.8 Å². The van der Waals surface area contributed by atoms with Crippen LogP contribution in [-0.2, 0) is 17.3 Å². The van der Waals surface area contributed by atoms with E-state index in [1.54, 1.807) is 12.1 Å². The highest BCUT2D eigenvalue weighted by Gasteiger charge is 2.16. The van der Waals surface area contributed by atoms with Crippen LogP contribution in [0.3, 0.4) is 0 Å². The molecule has 5 heteroatoms. The van der Waals surface area contributed by atoms with E-state index in [1.807, 2.05) is 0 Å². The molecule has 1 N–H and O–H groups in total. The summed E-state index contributed by atoms with van der Waals surface area (Å²) >= 11 is 3.18. The lowest BCUT2D eigenvalue weighted by Gasteiger charge is -2.22. The van der Waals surface area contributed by atoms with Crippen LogP contribution in [0.1, 0.15) is 18.4 Å². The molecule has 0 unspecified atom stereocenters. The Balaban J connectivity index is 1.85. The Bertz CT molecular complexity index is 417. The highest BCUT2D eigenvalue weighted by molar-refractivity contribution is 9.10. The van der Waals surface area contributed by atoms with Gasteiger partial charge in [-0.2, -0.15) is 0 Å². The van der Waals surface area contributed by atoms with Crippen LogP contribution in [0.15, 0.2) is 22.7 Å². The Morgan fingerprint density at radius 3 is 2.76 bits per heavy atom. The zero-order valence-corrected chi connectivity index (χ0v) is 11.8. The van der Waals surface area contributed by atoms with Gasteiger partial charge in [0.05, 0.1) is 4.47 Å². The summed E-state index contributed by atoms with van der Waals surface area (Å²) < 4.78 is 24.7. The van der Waals surface area contributed by atoms with Crippen molar-refractivity contribution in [2.45, 2.75) is 25.4 Å². The van der Waals surface area contributed by atoms with Crippen molar-refractivity contribution in [1.82, 2.24) is 5.32 Å². The Labute approximate surface area is 112 Å². The number of halogens is 2. The summed E-state index contributed by atoms with van der Waals surface area (Å²) in [5, 5.41) is 3.43. The molecule has 0 amide bonds. The average Bonchev–Trinajstić information content (AvgIpc) is 2.33. The Kier molecular flexibility index (Phi) is 4.70. The number of hydrogen-bond acceptors (Lipinski definition) is 2. The van der Waals surface area contributed by atoms with Crippen molar-refractivity contribution >= 4 is 26.7 Å². The maximum atomic E-state index is 13.0. The molecule has 0 atom stereocenters. The van der Waals surface area contributed by atoms with Gasteiger partial charge in [0.1, 0.15) is 5.82 Å². The maximum absolute atomic E-state index is 13.0. The molecule has 0 aromatic heterocycles. The van der Waals surface area contributed by atoms with Crippen LogP contribution >= 0.6 is 15.9 Å². The third-order valence-electron chi connectivity index (χ3n) is 2.97. The van der Waals surface area contributed by atoms with Crippen LogP contribution in [0.2, 0.25) is 0 Å². The largest absolute Gasteiger partial charge is 0.310 e. The van der Waals surface area contributed by atoms with Crippen LogP contribution in [0, 0.1) is 5.82 Å². The Morgan fingerprint density at radius 1 is 1.41 bits per heavy atom. The van der Waals surface area contributed by atoms with Crippen molar-refractivity contribution < 1.29 is 8.60 Å². The predicted molar refractivity (Wildman–Crippen MR) is 71.8 cm³/mol. The maximum Gasteiger partial charge on any atom is 0.137 e. The van der Waals surface area contributed by atoms with Crippen LogP contribution in [0.25, 0.3) is 0 Å². The van der Waals surface area contributed by atoms with Gasteiger partial charge in [0.15, 0.2) is 0 Å². The second-order valence-electron chi connectivity index (χ2n) is 4.25. The van der Waals surface area contributed by atoms with Gasteiger partial charge in [-0.05, 0) is 46.5 Å². The molecule has 0 spiro atoms. The van der Waals surface area contributed by atoms with Crippen molar-refractivity contribution in [1.29, 1.82) is 0 Å². The van der Waals surface area contributed by atoms with Crippen molar-refractivity contribution in [3.63, 3.8) is 0 Å². The number of rotatable bonds is 3. The van der Waals surface area contributed by atoms with Gasteiger partial charge in [-0.3, -0.25) is 4.21 Å². The molecule has 1 fully saturated rings. The molecule has 94 valence electrons. The van der Waals surface area contributed by atoms with Gasteiger partial charge in [-0.15, -0.1) is 0 Å². The van der Waals surface area contributed by atoms with E-state index in [2.05, 4.69) is 21.2 Å². The zero-order chi connectivity index (χ0) is 12.3. The van der Waals surface area contributed by atoms with Crippen LogP contribution in [0.5, 0.6) is 0 Å². The molecular formula is C12H15BrFNOS. The molecule has 1 saturated heterocycles. The van der Waals surface area contributed by atoms with E-state index in [0.29, 0.717) is 10.5 Å². The zero-order valence-electron chi connectivity index (χ0n) is 9.42. The minimum atomic E-state index is -0.613. The quantitative estimate of drug-likeness (QED) is 0.927. The summed E-state index contributed by atoms with van der Waals surface area (Å²) in [4.78, 5) is 0. The standard InChI is InChI=1S/C12H15BrFNOS/c13-11-7-9(1-2-12(11)14)8-15-10-3-5-17(16)6-4-10/h1-2,7,10,15H,3-6,8H2. The van der Waals surface area contributed by atoms with E-state index >= 15 is 0 Å². The molecule has 2 nitrogen and oxygen atoms in total. The van der Waals surface area contributed by atoms with Crippen molar-refractivity contribution in [3.05, 3.63) is 34.1 Å². The van der Waals surface area contributed by atoms with Crippen molar-refractivity contribution in [2.75, 3.05) is 11.5 Å². The SMILES string of the molecule is O=S1CCC(NCc2ccc(F)c(Br)c2)CC1. The number of nitrogens with one attached hydrogen (secondary N) is 1. The van der Waals surface area contributed by atoms with E-state index in [-0.39, 0.29) is 5.82 Å². The summed E-state index contributed by atoms with van der Waals surface area (Å²) in [5.41, 5.74) is 1.06. The van der Waals surface area contributed by atoms with Gasteiger partial charge in [0, 0.05) is 34.9 Å². The van der Waals surface area contributed by atoms with E-state index in [4.69, 9.17) is 0 Å². The molecule has 0 saturated carbocycles. The molecule has 0 aliphatic carbocycles. The van der Waals surface area contributed by atoms with E-state index in [1.165, 1.54) is 6.07 Å². The second kappa shape index (κ2) is 6.07. The number of benzene rings is 1. The lowest BCUT2D eigenvalue weighted by atomic mass is 10.1. The summed E-state index contributed by atoms with van der Waals surface area (Å²) in [7, 11) is -0.613. The monoisotopic (exact) mass is 319 g/mol. The molecule has 1 aliphatic rings. The summed E-state index contributed by atoms with van der Waals surface area (Å²) in [5.74, 6) is 1.36. The summed E-state index contributed by atoms with van der Waals surface area (Å²) in [6, 6.07) is 5.49. The fourth-order valence-corrected chi connectivity index (χ4v) is 3.63.